The molecule has 5 nitrogen and oxygen atoms in total. The Morgan fingerprint density at radius 2 is 1.78 bits per heavy atom. The average Bonchev–Trinajstić information content (AvgIpc) is 2.69. The molecule has 0 amide bonds. The third kappa shape index (κ3) is 4.53. The highest BCUT2D eigenvalue weighted by Gasteiger charge is 2.18. The van der Waals surface area contributed by atoms with Crippen molar-refractivity contribution in [3.8, 4) is 0 Å². The zero-order valence-electron chi connectivity index (χ0n) is 15.7. The summed E-state index contributed by atoms with van der Waals surface area (Å²) >= 11 is 5.98. The fraction of sp³-hybridized carbons (Fsp3) is 0.524. The lowest BCUT2D eigenvalue weighted by atomic mass is 9.97. The van der Waals surface area contributed by atoms with Crippen LogP contribution >= 0.6 is 11.6 Å². The Morgan fingerprint density at radius 3 is 2.56 bits per heavy atom. The number of anilines is 1. The number of rotatable bonds is 5. The Bertz CT molecular complexity index is 825. The molecule has 0 spiro atoms. The van der Waals surface area contributed by atoms with E-state index in [4.69, 9.17) is 16.6 Å². The summed E-state index contributed by atoms with van der Waals surface area (Å²) in [6.07, 6.45) is 5.98. The van der Waals surface area contributed by atoms with E-state index in [0.717, 1.165) is 93.4 Å². The quantitative estimate of drug-likeness (QED) is 0.858. The molecule has 1 N–H and O–H groups in total. The molecule has 6 heteroatoms. The highest BCUT2D eigenvalue weighted by atomic mass is 35.5. The van der Waals surface area contributed by atoms with Crippen molar-refractivity contribution in [2.24, 2.45) is 0 Å². The van der Waals surface area contributed by atoms with Crippen LogP contribution in [0.3, 0.4) is 0 Å². The first-order valence-corrected chi connectivity index (χ1v) is 10.4. The number of halogens is 1. The second kappa shape index (κ2) is 8.44. The second-order valence-electron chi connectivity index (χ2n) is 7.55. The lowest BCUT2D eigenvalue weighted by molar-refractivity contribution is 0.254. The van der Waals surface area contributed by atoms with E-state index in [0.29, 0.717) is 0 Å². The van der Waals surface area contributed by atoms with Crippen molar-refractivity contribution in [2.45, 2.75) is 38.5 Å². The number of hydrogen-bond acceptors (Lipinski definition) is 4. The second-order valence-corrected chi connectivity index (χ2v) is 7.99. The van der Waals surface area contributed by atoms with E-state index in [9.17, 15) is 4.79 Å². The molecule has 2 aromatic rings. The minimum absolute atomic E-state index is 0.0891. The molecule has 1 aromatic carbocycles. The van der Waals surface area contributed by atoms with Crippen molar-refractivity contribution in [2.75, 3.05) is 37.6 Å². The molecule has 27 heavy (non-hydrogen) atoms. The molecule has 0 radical (unpaired) electrons. The third-order valence-electron chi connectivity index (χ3n) is 5.69. The van der Waals surface area contributed by atoms with Crippen molar-refractivity contribution < 1.29 is 0 Å². The Kier molecular flexibility index (Phi) is 5.79. The molecule has 0 saturated carbocycles. The lowest BCUT2D eigenvalue weighted by Crippen LogP contribution is -2.46. The topological polar surface area (TPSA) is 52.2 Å². The van der Waals surface area contributed by atoms with Crippen molar-refractivity contribution >= 4 is 17.3 Å². The summed E-state index contributed by atoms with van der Waals surface area (Å²) in [6, 6.07) is 8.09. The van der Waals surface area contributed by atoms with E-state index in [1.165, 1.54) is 5.69 Å². The summed E-state index contributed by atoms with van der Waals surface area (Å²) in [5.74, 6) is 0.862. The first-order chi connectivity index (χ1) is 13.2. The molecule has 2 aliphatic rings. The van der Waals surface area contributed by atoms with Crippen LogP contribution in [0.1, 0.15) is 36.3 Å². The number of aryl methyl sites for hydroxylation is 2. The number of nitrogens with one attached hydrogen (secondary N) is 1. The van der Waals surface area contributed by atoms with Crippen LogP contribution in [0, 0.1) is 0 Å². The highest BCUT2D eigenvalue weighted by Crippen LogP contribution is 2.20. The molecule has 2 heterocycles. The zero-order chi connectivity index (χ0) is 18.6. The number of piperazine rings is 1. The molecular formula is C21H27ClN4O. The fourth-order valence-corrected chi connectivity index (χ4v) is 4.25. The Balaban J connectivity index is 1.25. The van der Waals surface area contributed by atoms with Gasteiger partial charge in [0, 0.05) is 48.9 Å². The number of nitrogens with zero attached hydrogens (tertiary/aromatic N) is 3. The summed E-state index contributed by atoms with van der Waals surface area (Å²) in [5, 5.41) is 0.784. The lowest BCUT2D eigenvalue weighted by Gasteiger charge is -2.36. The van der Waals surface area contributed by atoms with E-state index in [-0.39, 0.29) is 5.56 Å². The number of benzene rings is 1. The number of aromatic nitrogens is 2. The molecule has 144 valence electrons. The predicted octanol–water partition coefficient (Wildman–Crippen LogP) is 3.06. The van der Waals surface area contributed by atoms with Gasteiger partial charge in [-0.25, -0.2) is 4.98 Å². The van der Waals surface area contributed by atoms with Gasteiger partial charge in [-0.2, -0.15) is 0 Å². The van der Waals surface area contributed by atoms with Crippen LogP contribution in [0.25, 0.3) is 0 Å². The molecule has 1 saturated heterocycles. The summed E-state index contributed by atoms with van der Waals surface area (Å²) in [4.78, 5) is 24.9. The highest BCUT2D eigenvalue weighted by molar-refractivity contribution is 6.30. The minimum atomic E-state index is 0.0891. The molecule has 0 unspecified atom stereocenters. The molecule has 0 bridgehead atoms. The maximum absolute atomic E-state index is 12.2. The van der Waals surface area contributed by atoms with Gasteiger partial charge in [-0.3, -0.25) is 9.69 Å². The number of aromatic amines is 1. The van der Waals surface area contributed by atoms with Crippen LogP contribution < -0.4 is 10.5 Å². The summed E-state index contributed by atoms with van der Waals surface area (Å²) < 4.78 is 0. The molecule has 0 atom stereocenters. The smallest absolute Gasteiger partial charge is 0.254 e. The van der Waals surface area contributed by atoms with E-state index in [1.54, 1.807) is 0 Å². The summed E-state index contributed by atoms with van der Waals surface area (Å²) in [5.41, 5.74) is 3.29. The summed E-state index contributed by atoms with van der Waals surface area (Å²) in [6.45, 7) is 5.26. The molecule has 1 aliphatic heterocycles. The van der Waals surface area contributed by atoms with E-state index >= 15 is 0 Å². The Labute approximate surface area is 165 Å². The standard InChI is InChI=1S/C21H27ClN4O/c22-16-7-9-17(10-8-16)26-14-12-25(13-15-26)11-3-6-20-23-19-5-2-1-4-18(19)21(27)24-20/h7-10H,1-6,11-15H2,(H,23,24,27). The molecule has 4 rings (SSSR count). The Hall–Kier alpha value is -1.85. The van der Waals surface area contributed by atoms with Crippen molar-refractivity contribution in [1.82, 2.24) is 14.9 Å². The molecule has 1 aliphatic carbocycles. The SMILES string of the molecule is O=c1[nH]c(CCCN2CCN(c3ccc(Cl)cc3)CC2)nc2c1CCCC2. The van der Waals surface area contributed by atoms with Crippen LogP contribution in [0.15, 0.2) is 29.1 Å². The van der Waals surface area contributed by atoms with Gasteiger partial charge in [-0.15, -0.1) is 0 Å². The molecule has 1 fully saturated rings. The van der Waals surface area contributed by atoms with E-state index < -0.39 is 0 Å². The van der Waals surface area contributed by atoms with Crippen LogP contribution in [0.2, 0.25) is 5.02 Å². The summed E-state index contributed by atoms with van der Waals surface area (Å²) in [7, 11) is 0. The monoisotopic (exact) mass is 386 g/mol. The maximum Gasteiger partial charge on any atom is 0.254 e. The van der Waals surface area contributed by atoms with Gasteiger partial charge >= 0.3 is 0 Å². The zero-order valence-corrected chi connectivity index (χ0v) is 16.5. The van der Waals surface area contributed by atoms with Gasteiger partial charge < -0.3 is 9.88 Å². The van der Waals surface area contributed by atoms with Gasteiger partial charge in [0.1, 0.15) is 5.82 Å². The maximum atomic E-state index is 12.2. The van der Waals surface area contributed by atoms with E-state index in [2.05, 4.69) is 26.9 Å². The first-order valence-electron chi connectivity index (χ1n) is 10.0. The van der Waals surface area contributed by atoms with Gasteiger partial charge in [0.25, 0.3) is 5.56 Å². The van der Waals surface area contributed by atoms with Crippen molar-refractivity contribution in [3.05, 3.63) is 56.7 Å². The number of fused-ring (bicyclic) bond motifs is 1. The van der Waals surface area contributed by atoms with Crippen LogP contribution in [-0.4, -0.2) is 47.6 Å². The minimum Gasteiger partial charge on any atom is -0.369 e. The van der Waals surface area contributed by atoms with Gasteiger partial charge in [-0.1, -0.05) is 11.6 Å². The van der Waals surface area contributed by atoms with Crippen LogP contribution in [0.5, 0.6) is 0 Å². The van der Waals surface area contributed by atoms with Crippen LogP contribution in [-0.2, 0) is 19.3 Å². The number of H-pyrrole nitrogens is 1. The van der Waals surface area contributed by atoms with Gasteiger partial charge in [-0.05, 0) is 62.9 Å². The predicted molar refractivity (Wildman–Crippen MR) is 110 cm³/mol. The van der Waals surface area contributed by atoms with Gasteiger partial charge in [0.15, 0.2) is 0 Å². The number of hydrogen-bond donors (Lipinski definition) is 1. The Morgan fingerprint density at radius 1 is 1.04 bits per heavy atom. The molecule has 1 aromatic heterocycles. The normalized spacial score (nSPS) is 17.7. The third-order valence-corrected chi connectivity index (χ3v) is 5.94. The van der Waals surface area contributed by atoms with Crippen molar-refractivity contribution in [1.29, 1.82) is 0 Å². The van der Waals surface area contributed by atoms with E-state index in [1.807, 2.05) is 12.1 Å². The van der Waals surface area contributed by atoms with Gasteiger partial charge in [0.2, 0.25) is 0 Å². The molecular weight excluding hydrogens is 360 g/mol. The van der Waals surface area contributed by atoms with Gasteiger partial charge in [0.05, 0.1) is 5.69 Å². The fourth-order valence-electron chi connectivity index (χ4n) is 4.12. The largest absolute Gasteiger partial charge is 0.369 e. The van der Waals surface area contributed by atoms with Crippen LogP contribution in [0.4, 0.5) is 5.69 Å². The van der Waals surface area contributed by atoms with Crippen molar-refractivity contribution in [3.63, 3.8) is 0 Å². The first kappa shape index (κ1) is 18.5. The average molecular weight is 387 g/mol.